The number of esters is 1. The highest BCUT2D eigenvalue weighted by atomic mass is 16.5. The van der Waals surface area contributed by atoms with Crippen LogP contribution in [0, 0.1) is 0 Å². The number of rotatable bonds is 4. The molecule has 1 N–H and O–H groups in total. The van der Waals surface area contributed by atoms with Crippen molar-refractivity contribution in [3.05, 3.63) is 29.3 Å². The highest BCUT2D eigenvalue weighted by Gasteiger charge is 2.34. The highest BCUT2D eigenvalue weighted by Crippen LogP contribution is 2.45. The third-order valence-corrected chi connectivity index (χ3v) is 4.90. The van der Waals surface area contributed by atoms with Crippen LogP contribution in [0.15, 0.2) is 18.2 Å². The van der Waals surface area contributed by atoms with Crippen molar-refractivity contribution in [2.45, 2.75) is 44.6 Å². The Bertz CT molecular complexity index is 653. The lowest BCUT2D eigenvalue weighted by atomic mass is 9.75. The number of hydrogen-bond acceptors (Lipinski definition) is 5. The molecule has 130 valence electrons. The summed E-state index contributed by atoms with van der Waals surface area (Å²) in [5, 5.41) is 3.55. The van der Waals surface area contributed by atoms with Gasteiger partial charge in [-0.3, -0.25) is 0 Å². The molecule has 3 rings (SSSR count). The van der Waals surface area contributed by atoms with Crippen LogP contribution in [0.25, 0.3) is 5.70 Å². The van der Waals surface area contributed by atoms with Crippen LogP contribution in [-0.4, -0.2) is 32.8 Å². The third kappa shape index (κ3) is 3.07. The van der Waals surface area contributed by atoms with E-state index in [0.29, 0.717) is 24.3 Å². The van der Waals surface area contributed by atoms with Gasteiger partial charge in [0.05, 0.1) is 20.8 Å². The number of hydrogen-bond donors (Lipinski definition) is 1. The lowest BCUT2D eigenvalue weighted by Gasteiger charge is -2.40. The number of ether oxygens (including phenoxy) is 3. The van der Waals surface area contributed by atoms with E-state index in [0.717, 1.165) is 29.9 Å². The van der Waals surface area contributed by atoms with E-state index < -0.39 is 0 Å². The molecule has 0 saturated heterocycles. The van der Waals surface area contributed by atoms with Gasteiger partial charge in [-0.2, -0.15) is 0 Å². The van der Waals surface area contributed by atoms with Crippen LogP contribution < -0.4 is 14.8 Å². The molecule has 1 aromatic carbocycles. The molecule has 0 unspecified atom stereocenters. The van der Waals surface area contributed by atoms with Crippen LogP contribution in [0.4, 0.5) is 0 Å². The van der Waals surface area contributed by atoms with Gasteiger partial charge in [0, 0.05) is 29.3 Å². The van der Waals surface area contributed by atoms with Crippen LogP contribution in [0.2, 0.25) is 0 Å². The monoisotopic (exact) mass is 331 g/mol. The topological polar surface area (TPSA) is 56.8 Å². The summed E-state index contributed by atoms with van der Waals surface area (Å²) >= 11 is 0. The minimum absolute atomic E-state index is 0.324. The third-order valence-electron chi connectivity index (χ3n) is 4.90. The average molecular weight is 331 g/mol. The van der Waals surface area contributed by atoms with Crippen molar-refractivity contribution in [2.24, 2.45) is 0 Å². The molecule has 1 aromatic rings. The summed E-state index contributed by atoms with van der Waals surface area (Å²) in [6.45, 7) is 2.18. The number of nitrogens with one attached hydrogen (secondary N) is 1. The zero-order chi connectivity index (χ0) is 17.1. The van der Waals surface area contributed by atoms with Crippen LogP contribution in [0.3, 0.4) is 0 Å². The number of carbonyl (C=O) groups is 1. The van der Waals surface area contributed by atoms with Gasteiger partial charge < -0.3 is 19.5 Å². The van der Waals surface area contributed by atoms with Crippen LogP contribution in [0.5, 0.6) is 11.5 Å². The molecule has 24 heavy (non-hydrogen) atoms. The molecule has 1 saturated carbocycles. The van der Waals surface area contributed by atoms with Gasteiger partial charge in [-0.15, -0.1) is 0 Å². The Morgan fingerprint density at radius 2 is 1.92 bits per heavy atom. The van der Waals surface area contributed by atoms with Gasteiger partial charge in [0.2, 0.25) is 0 Å². The molecule has 0 amide bonds. The largest absolute Gasteiger partial charge is 0.493 e. The molecular formula is C19H25NO4. The van der Waals surface area contributed by atoms with Gasteiger partial charge >= 0.3 is 5.97 Å². The molecule has 1 aliphatic heterocycles. The summed E-state index contributed by atoms with van der Waals surface area (Å²) < 4.78 is 16.0. The first-order valence-corrected chi connectivity index (χ1v) is 8.59. The number of benzene rings is 1. The smallest absolute Gasteiger partial charge is 0.332 e. The first-order valence-electron chi connectivity index (χ1n) is 8.59. The van der Waals surface area contributed by atoms with Crippen molar-refractivity contribution in [3.63, 3.8) is 0 Å². The fourth-order valence-electron chi connectivity index (χ4n) is 3.81. The van der Waals surface area contributed by atoms with Crippen molar-refractivity contribution >= 4 is 11.7 Å². The molecule has 5 nitrogen and oxygen atoms in total. The number of methoxy groups -OCH3 is 2. The molecule has 2 aliphatic rings. The summed E-state index contributed by atoms with van der Waals surface area (Å²) in [4.78, 5) is 12.0. The second-order valence-electron chi connectivity index (χ2n) is 6.25. The molecule has 0 spiro atoms. The van der Waals surface area contributed by atoms with E-state index in [4.69, 9.17) is 14.2 Å². The quantitative estimate of drug-likeness (QED) is 0.678. The molecule has 0 bridgehead atoms. The maximum atomic E-state index is 12.0. The SMILES string of the molecule is CCOC(=O)C=C1N[C@H]2CCCC[C@H]2c2cc(OC)c(OC)cc21. The summed E-state index contributed by atoms with van der Waals surface area (Å²) in [5.41, 5.74) is 3.04. The van der Waals surface area contributed by atoms with E-state index in [1.54, 1.807) is 20.3 Å². The standard InChI is InChI=1S/C19H25NO4/c1-4-24-19(21)11-16-14-10-18(23-3)17(22-2)9-13(14)12-7-5-6-8-15(12)20-16/h9-12,15,20H,4-8H2,1-3H3/t12-,15-/m0/s1. The van der Waals surface area contributed by atoms with Crippen LogP contribution in [-0.2, 0) is 9.53 Å². The molecule has 1 fully saturated rings. The van der Waals surface area contributed by atoms with Gasteiger partial charge in [-0.1, -0.05) is 12.8 Å². The highest BCUT2D eigenvalue weighted by molar-refractivity contribution is 5.92. The zero-order valence-electron chi connectivity index (χ0n) is 14.6. The van der Waals surface area contributed by atoms with Crippen molar-refractivity contribution in [3.8, 4) is 11.5 Å². The summed E-state index contributed by atoms with van der Waals surface area (Å²) in [7, 11) is 3.28. The summed E-state index contributed by atoms with van der Waals surface area (Å²) in [6, 6.07) is 4.37. The van der Waals surface area contributed by atoms with Crippen LogP contribution in [0.1, 0.15) is 49.7 Å². The Balaban J connectivity index is 2.09. The molecular weight excluding hydrogens is 306 g/mol. The first-order chi connectivity index (χ1) is 11.7. The molecule has 0 aromatic heterocycles. The minimum Gasteiger partial charge on any atom is -0.493 e. The Morgan fingerprint density at radius 1 is 1.21 bits per heavy atom. The minimum atomic E-state index is -0.324. The normalized spacial score (nSPS) is 23.7. The summed E-state index contributed by atoms with van der Waals surface area (Å²) in [6.07, 6.45) is 6.25. The van der Waals surface area contributed by atoms with E-state index in [9.17, 15) is 4.79 Å². The fraction of sp³-hybridized carbons (Fsp3) is 0.526. The lowest BCUT2D eigenvalue weighted by molar-refractivity contribution is -0.137. The summed E-state index contributed by atoms with van der Waals surface area (Å²) in [5.74, 6) is 1.52. The van der Waals surface area contributed by atoms with Gasteiger partial charge in [0.25, 0.3) is 0 Å². The van der Waals surface area contributed by atoms with E-state index in [2.05, 4.69) is 11.4 Å². The lowest BCUT2D eigenvalue weighted by Crippen LogP contribution is -2.40. The molecule has 0 radical (unpaired) electrons. The Kier molecular flexibility index (Phi) is 4.97. The molecule has 1 heterocycles. The Morgan fingerprint density at radius 3 is 2.62 bits per heavy atom. The van der Waals surface area contributed by atoms with Crippen molar-refractivity contribution in [1.29, 1.82) is 0 Å². The Labute approximate surface area is 143 Å². The second-order valence-corrected chi connectivity index (χ2v) is 6.25. The van der Waals surface area contributed by atoms with Crippen LogP contribution >= 0.6 is 0 Å². The van der Waals surface area contributed by atoms with E-state index >= 15 is 0 Å². The first kappa shape index (κ1) is 16.7. The molecule has 2 atom stereocenters. The zero-order valence-corrected chi connectivity index (χ0v) is 14.6. The predicted molar refractivity (Wildman–Crippen MR) is 92.3 cm³/mol. The van der Waals surface area contributed by atoms with Gasteiger partial charge in [-0.25, -0.2) is 4.79 Å². The maximum absolute atomic E-state index is 12.0. The van der Waals surface area contributed by atoms with E-state index in [1.807, 2.05) is 13.0 Å². The molecule has 5 heteroatoms. The van der Waals surface area contributed by atoms with Crippen molar-refractivity contribution in [1.82, 2.24) is 5.32 Å². The predicted octanol–water partition coefficient (Wildman–Crippen LogP) is 3.24. The van der Waals surface area contributed by atoms with Crippen molar-refractivity contribution < 1.29 is 19.0 Å². The number of fused-ring (bicyclic) bond motifs is 3. The van der Waals surface area contributed by atoms with E-state index in [-0.39, 0.29) is 5.97 Å². The molecule has 1 aliphatic carbocycles. The second kappa shape index (κ2) is 7.16. The average Bonchev–Trinajstić information content (AvgIpc) is 2.60. The Hall–Kier alpha value is -2.17. The van der Waals surface area contributed by atoms with Gasteiger partial charge in [0.1, 0.15) is 0 Å². The van der Waals surface area contributed by atoms with Gasteiger partial charge in [-0.05, 0) is 37.5 Å². The van der Waals surface area contributed by atoms with E-state index in [1.165, 1.54) is 18.4 Å². The number of carbonyl (C=O) groups excluding carboxylic acids is 1. The van der Waals surface area contributed by atoms with Gasteiger partial charge in [0.15, 0.2) is 11.5 Å². The van der Waals surface area contributed by atoms with Crippen molar-refractivity contribution in [2.75, 3.05) is 20.8 Å². The fourth-order valence-corrected chi connectivity index (χ4v) is 3.81. The maximum Gasteiger partial charge on any atom is 0.332 e.